The number of nitrogens with one attached hydrogen (secondary N) is 2. The van der Waals surface area contributed by atoms with Gasteiger partial charge in [-0.15, -0.1) is 0 Å². The molecule has 164 valence electrons. The molecule has 0 aliphatic carbocycles. The van der Waals surface area contributed by atoms with E-state index in [1.54, 1.807) is 10.6 Å². The first-order chi connectivity index (χ1) is 14.9. The molecule has 0 bridgehead atoms. The van der Waals surface area contributed by atoms with Gasteiger partial charge in [0.15, 0.2) is 46.5 Å². The van der Waals surface area contributed by atoms with Gasteiger partial charge in [0.05, 0.1) is 38.1 Å². The molecular formula is C18H4BBrF8N2O2. The molecule has 0 saturated carbocycles. The monoisotopic (exact) mass is 522 g/mol. The average Bonchev–Trinajstić information content (AvgIpc) is 3.27. The standard InChI is InChI=1S/C18H4BBrF8N2O2/c19-5-11(25)7(21)3(8(22)12(5)26)15-1-2(18(32)29-15)16(30-17(1)31)4-9(23)13(27)6(20)14(28)10(4)24/h19H2,(H,29,32)(H,30,31). The van der Waals surface area contributed by atoms with Gasteiger partial charge in [0, 0.05) is 0 Å². The molecule has 2 aliphatic heterocycles. The molecule has 2 N–H and O–H groups in total. The van der Waals surface area contributed by atoms with Crippen molar-refractivity contribution in [3.05, 3.63) is 73.3 Å². The number of hydrogen-bond acceptors (Lipinski definition) is 2. The smallest absolute Gasteiger partial charge is 0.258 e. The zero-order chi connectivity index (χ0) is 23.8. The second kappa shape index (κ2) is 7.19. The third-order valence-electron chi connectivity index (χ3n) is 4.87. The highest BCUT2D eigenvalue weighted by atomic mass is 79.9. The van der Waals surface area contributed by atoms with Crippen molar-refractivity contribution in [2.75, 3.05) is 0 Å². The summed E-state index contributed by atoms with van der Waals surface area (Å²) in [4.78, 5) is 24.8. The summed E-state index contributed by atoms with van der Waals surface area (Å²) in [6.07, 6.45) is 0. The largest absolute Gasteiger partial charge is 0.320 e. The first kappa shape index (κ1) is 22.1. The van der Waals surface area contributed by atoms with Crippen LogP contribution in [0.5, 0.6) is 0 Å². The Balaban J connectivity index is 2.07. The van der Waals surface area contributed by atoms with Crippen molar-refractivity contribution in [2.24, 2.45) is 0 Å². The van der Waals surface area contributed by atoms with Crippen molar-refractivity contribution in [1.29, 1.82) is 0 Å². The van der Waals surface area contributed by atoms with E-state index in [-0.39, 0.29) is 0 Å². The van der Waals surface area contributed by atoms with Gasteiger partial charge in [-0.2, -0.15) is 0 Å². The third kappa shape index (κ3) is 2.74. The van der Waals surface area contributed by atoms with Gasteiger partial charge < -0.3 is 10.6 Å². The van der Waals surface area contributed by atoms with E-state index in [9.17, 15) is 44.7 Å². The molecule has 2 aromatic carbocycles. The van der Waals surface area contributed by atoms with E-state index in [0.29, 0.717) is 0 Å². The molecule has 14 heteroatoms. The Morgan fingerprint density at radius 3 is 1.22 bits per heavy atom. The Kier molecular flexibility index (Phi) is 4.95. The Morgan fingerprint density at radius 1 is 0.562 bits per heavy atom. The van der Waals surface area contributed by atoms with Crippen LogP contribution in [0, 0.1) is 46.5 Å². The van der Waals surface area contributed by atoms with Crippen LogP contribution in [0.1, 0.15) is 11.1 Å². The maximum atomic E-state index is 14.4. The van der Waals surface area contributed by atoms with E-state index in [1.165, 1.54) is 0 Å². The van der Waals surface area contributed by atoms with E-state index in [0.717, 1.165) is 7.85 Å². The van der Waals surface area contributed by atoms with Crippen molar-refractivity contribution in [2.45, 2.75) is 0 Å². The molecule has 2 aliphatic rings. The van der Waals surface area contributed by atoms with E-state index >= 15 is 0 Å². The van der Waals surface area contributed by atoms with Crippen LogP contribution < -0.4 is 16.1 Å². The van der Waals surface area contributed by atoms with Gasteiger partial charge in [-0.1, -0.05) is 0 Å². The second-order valence-corrected chi connectivity index (χ2v) is 7.40. The van der Waals surface area contributed by atoms with Crippen molar-refractivity contribution >= 4 is 52.4 Å². The number of amides is 2. The Bertz CT molecular complexity index is 1210. The molecule has 0 radical (unpaired) electrons. The predicted molar refractivity (Wildman–Crippen MR) is 98.6 cm³/mol. The fourth-order valence-electron chi connectivity index (χ4n) is 3.34. The zero-order valence-corrected chi connectivity index (χ0v) is 16.8. The summed E-state index contributed by atoms with van der Waals surface area (Å²) in [5, 5.41) is 3.60. The first-order valence-electron chi connectivity index (χ1n) is 8.36. The highest BCUT2D eigenvalue weighted by Crippen LogP contribution is 2.41. The van der Waals surface area contributed by atoms with Crippen molar-refractivity contribution < 1.29 is 44.7 Å². The van der Waals surface area contributed by atoms with Gasteiger partial charge >= 0.3 is 0 Å². The molecule has 4 nitrogen and oxygen atoms in total. The number of benzene rings is 2. The number of carbonyl (C=O) groups is 2. The summed E-state index contributed by atoms with van der Waals surface area (Å²) in [6.45, 7) is 0. The molecule has 0 fully saturated rings. The summed E-state index contributed by atoms with van der Waals surface area (Å²) < 4.78 is 112. The number of carbonyl (C=O) groups excluding carboxylic acids is 2. The normalized spacial score (nSPS) is 15.5. The van der Waals surface area contributed by atoms with Crippen molar-refractivity contribution in [3.63, 3.8) is 0 Å². The maximum absolute atomic E-state index is 14.4. The van der Waals surface area contributed by atoms with Crippen molar-refractivity contribution in [1.82, 2.24) is 10.6 Å². The van der Waals surface area contributed by atoms with Gasteiger partial charge in [0.2, 0.25) is 0 Å². The minimum absolute atomic E-state index is 0.736. The molecular weight excluding hydrogens is 519 g/mol. The number of hydrogen-bond donors (Lipinski definition) is 2. The summed E-state index contributed by atoms with van der Waals surface area (Å²) >= 11 is 2.30. The highest BCUT2D eigenvalue weighted by Gasteiger charge is 2.45. The van der Waals surface area contributed by atoms with Crippen LogP contribution in [0.3, 0.4) is 0 Å². The van der Waals surface area contributed by atoms with Gasteiger partial charge in [-0.25, -0.2) is 35.1 Å². The quantitative estimate of drug-likeness (QED) is 0.275. The minimum Gasteiger partial charge on any atom is -0.320 e. The van der Waals surface area contributed by atoms with Gasteiger partial charge in [0.25, 0.3) is 11.8 Å². The lowest BCUT2D eigenvalue weighted by atomic mass is 9.91. The third-order valence-corrected chi connectivity index (χ3v) is 5.57. The topological polar surface area (TPSA) is 58.2 Å². The van der Waals surface area contributed by atoms with Gasteiger partial charge in [0.1, 0.15) is 7.85 Å². The van der Waals surface area contributed by atoms with Crippen LogP contribution in [-0.2, 0) is 9.59 Å². The maximum Gasteiger partial charge on any atom is 0.258 e. The summed E-state index contributed by atoms with van der Waals surface area (Å²) in [7, 11) is 0.736. The summed E-state index contributed by atoms with van der Waals surface area (Å²) in [5.41, 5.74) is -7.93. The van der Waals surface area contributed by atoms with Crippen LogP contribution >= 0.6 is 15.9 Å². The Hall–Kier alpha value is -3.16. The van der Waals surface area contributed by atoms with Crippen LogP contribution in [0.15, 0.2) is 15.6 Å². The lowest BCUT2D eigenvalue weighted by Crippen LogP contribution is -2.26. The molecule has 0 spiro atoms. The van der Waals surface area contributed by atoms with E-state index in [1.807, 2.05) is 0 Å². The Labute approximate surface area is 181 Å². The minimum atomic E-state index is -1.99. The molecule has 2 aromatic rings. The van der Waals surface area contributed by atoms with E-state index in [4.69, 9.17) is 0 Å². The first-order valence-corrected chi connectivity index (χ1v) is 9.15. The summed E-state index contributed by atoms with van der Waals surface area (Å²) in [6, 6.07) is 0. The number of fused-ring (bicyclic) bond motifs is 1. The van der Waals surface area contributed by atoms with E-state index < -0.39 is 102 Å². The molecule has 0 saturated heterocycles. The van der Waals surface area contributed by atoms with Crippen LogP contribution in [0.2, 0.25) is 0 Å². The molecule has 32 heavy (non-hydrogen) atoms. The summed E-state index contributed by atoms with van der Waals surface area (Å²) in [5.74, 6) is -18.1. The lowest BCUT2D eigenvalue weighted by Gasteiger charge is -2.13. The lowest BCUT2D eigenvalue weighted by molar-refractivity contribution is -0.117. The molecule has 0 unspecified atom stereocenters. The van der Waals surface area contributed by atoms with Crippen LogP contribution in [-0.4, -0.2) is 19.7 Å². The number of halogens is 9. The van der Waals surface area contributed by atoms with Gasteiger partial charge in [-0.3, -0.25) is 9.59 Å². The fraction of sp³-hybridized carbons (Fsp3) is 0. The SMILES string of the molecule is Bc1c(F)c(F)c(C2=C3C(=O)NC(c4c(F)c(F)c(Br)c(F)c4F)=C3C(=O)N2)c(F)c1F. The Morgan fingerprint density at radius 2 is 0.875 bits per heavy atom. The molecule has 4 rings (SSSR count). The molecule has 2 amide bonds. The molecule has 2 heterocycles. The van der Waals surface area contributed by atoms with E-state index in [2.05, 4.69) is 15.9 Å². The van der Waals surface area contributed by atoms with Crippen LogP contribution in [0.4, 0.5) is 35.1 Å². The van der Waals surface area contributed by atoms with Crippen LogP contribution in [0.25, 0.3) is 11.4 Å². The highest BCUT2D eigenvalue weighted by molar-refractivity contribution is 9.10. The molecule has 0 atom stereocenters. The predicted octanol–water partition coefficient (Wildman–Crippen LogP) is 2.20. The second-order valence-electron chi connectivity index (χ2n) is 6.61. The fourth-order valence-corrected chi connectivity index (χ4v) is 3.69. The average molecular weight is 523 g/mol. The van der Waals surface area contributed by atoms with Crippen molar-refractivity contribution in [3.8, 4) is 0 Å². The molecule has 0 aromatic heterocycles. The number of rotatable bonds is 2. The van der Waals surface area contributed by atoms with Gasteiger partial charge in [-0.05, 0) is 21.4 Å². The zero-order valence-electron chi connectivity index (χ0n) is 15.2.